The predicted octanol–water partition coefficient (Wildman–Crippen LogP) is 4.78. The molecule has 26 heavy (non-hydrogen) atoms. The average Bonchev–Trinajstić information content (AvgIpc) is 2.67. The molecule has 1 unspecified atom stereocenters. The van der Waals surface area contributed by atoms with E-state index in [0.717, 1.165) is 4.47 Å². The number of benzene rings is 3. The molecule has 0 radical (unpaired) electrons. The van der Waals surface area contributed by atoms with Gasteiger partial charge in [-0.1, -0.05) is 88.7 Å². The maximum absolute atomic E-state index is 14.4. The van der Waals surface area contributed by atoms with Crippen LogP contribution in [0.25, 0.3) is 0 Å². The molecule has 0 saturated carbocycles. The van der Waals surface area contributed by atoms with E-state index in [1.165, 1.54) is 0 Å². The first kappa shape index (κ1) is 18.6. The first-order valence-electron chi connectivity index (χ1n) is 8.10. The highest BCUT2D eigenvalue weighted by Gasteiger charge is 2.40. The zero-order valence-corrected chi connectivity index (χ0v) is 16.3. The van der Waals surface area contributed by atoms with E-state index in [9.17, 15) is 14.7 Å². The van der Waals surface area contributed by atoms with E-state index in [2.05, 4.69) is 15.9 Å². The fourth-order valence-electron chi connectivity index (χ4n) is 3.06. The highest BCUT2D eigenvalue weighted by atomic mass is 79.9. The normalized spacial score (nSPS) is 12.5. The first-order chi connectivity index (χ1) is 12.5. The van der Waals surface area contributed by atoms with Crippen molar-refractivity contribution in [3.63, 3.8) is 0 Å². The van der Waals surface area contributed by atoms with Gasteiger partial charge in [0.1, 0.15) is 5.66 Å². The van der Waals surface area contributed by atoms with Crippen LogP contribution in [0.5, 0.6) is 0 Å². The van der Waals surface area contributed by atoms with Crippen molar-refractivity contribution < 1.29 is 9.49 Å². The Balaban J connectivity index is 2.24. The monoisotopic (exact) mass is 429 g/mol. The van der Waals surface area contributed by atoms with Gasteiger partial charge < -0.3 is 4.57 Å². The highest BCUT2D eigenvalue weighted by Crippen LogP contribution is 2.57. The largest absolute Gasteiger partial charge is 0.313 e. The maximum Gasteiger partial charge on any atom is 0.218 e. The number of hydrogen-bond donors (Lipinski definition) is 0. The van der Waals surface area contributed by atoms with Gasteiger partial charge in [-0.2, -0.15) is 0 Å². The summed E-state index contributed by atoms with van der Waals surface area (Å²) >= 11 is 3.38. The minimum Gasteiger partial charge on any atom is -0.313 e. The van der Waals surface area contributed by atoms with Gasteiger partial charge in [0.2, 0.25) is 6.54 Å². The molecule has 0 fully saturated rings. The molecule has 3 rings (SSSR count). The van der Waals surface area contributed by atoms with Crippen LogP contribution in [0.15, 0.2) is 89.4 Å². The molecule has 0 N–H and O–H groups in total. The zero-order chi connectivity index (χ0) is 18.6. The van der Waals surface area contributed by atoms with Crippen molar-refractivity contribution in [2.24, 2.45) is 0 Å². The summed E-state index contributed by atoms with van der Waals surface area (Å²) in [5.41, 5.74) is -0.0451. The third kappa shape index (κ3) is 3.79. The van der Waals surface area contributed by atoms with E-state index in [0.29, 0.717) is 16.2 Å². The number of rotatable bonds is 6. The summed E-state index contributed by atoms with van der Waals surface area (Å²) in [5, 5.41) is 12.7. The molecule has 0 aliphatic rings. The molecule has 3 aromatic rings. The molecule has 4 nitrogen and oxygen atoms in total. The van der Waals surface area contributed by atoms with Gasteiger partial charge in [-0.15, -0.1) is 0 Å². The van der Waals surface area contributed by atoms with Crippen LogP contribution in [-0.2, 0) is 4.57 Å². The van der Waals surface area contributed by atoms with Gasteiger partial charge in [0.15, 0.2) is 7.14 Å². The minimum absolute atomic E-state index is 0.384. The van der Waals surface area contributed by atoms with Crippen molar-refractivity contribution in [2.45, 2.75) is 5.66 Å². The van der Waals surface area contributed by atoms with E-state index < -0.39 is 19.3 Å². The van der Waals surface area contributed by atoms with Crippen molar-refractivity contribution >= 4 is 33.7 Å². The third-order valence-corrected chi connectivity index (χ3v) is 8.29. The molecule has 0 amide bonds. The Morgan fingerprint density at radius 3 is 1.73 bits per heavy atom. The highest BCUT2D eigenvalue weighted by molar-refractivity contribution is 9.10. The Morgan fingerprint density at radius 1 is 0.846 bits per heavy atom. The number of nitrogens with zero attached hydrogens (tertiary/aromatic N) is 1. The fourth-order valence-corrected chi connectivity index (χ4v) is 6.53. The van der Waals surface area contributed by atoms with Crippen molar-refractivity contribution in [3.05, 3.63) is 105 Å². The van der Waals surface area contributed by atoms with E-state index in [1.54, 1.807) is 36.4 Å². The average molecular weight is 430 g/mol. The molecule has 6 heteroatoms. The summed E-state index contributed by atoms with van der Waals surface area (Å²) in [6.45, 7) is -0.400. The van der Waals surface area contributed by atoms with E-state index in [4.69, 9.17) is 0 Å². The summed E-state index contributed by atoms with van der Waals surface area (Å²) in [4.78, 5) is 11.1. The Kier molecular flexibility index (Phi) is 5.70. The second-order valence-corrected chi connectivity index (χ2v) is 9.80. The van der Waals surface area contributed by atoms with Crippen LogP contribution in [0.1, 0.15) is 11.2 Å². The molecule has 0 saturated heterocycles. The number of hydrogen-bond acceptors (Lipinski definition) is 3. The van der Waals surface area contributed by atoms with Gasteiger partial charge in [-0.05, 0) is 17.7 Å². The molecule has 0 aliphatic heterocycles. The van der Waals surface area contributed by atoms with Gasteiger partial charge in [-0.3, -0.25) is 10.1 Å². The third-order valence-electron chi connectivity index (χ3n) is 4.30. The molecule has 0 bridgehead atoms. The predicted molar refractivity (Wildman–Crippen MR) is 109 cm³/mol. The lowest BCUT2D eigenvalue weighted by Crippen LogP contribution is -2.25. The van der Waals surface area contributed by atoms with Crippen LogP contribution in [-0.4, -0.2) is 11.5 Å². The minimum atomic E-state index is -3.28. The fraction of sp³-hybridized carbons (Fsp3) is 0.100. The first-order valence-corrected chi connectivity index (χ1v) is 10.7. The lowest BCUT2D eigenvalue weighted by molar-refractivity contribution is -0.480. The summed E-state index contributed by atoms with van der Waals surface area (Å²) < 4.78 is 15.3. The topological polar surface area (TPSA) is 60.2 Å². The molecule has 0 heterocycles. The van der Waals surface area contributed by atoms with Crippen LogP contribution in [0, 0.1) is 10.1 Å². The summed E-state index contributed by atoms with van der Waals surface area (Å²) in [6.07, 6.45) is 0. The molecule has 0 aliphatic carbocycles. The molecule has 0 spiro atoms. The number of nitro groups is 1. The summed E-state index contributed by atoms with van der Waals surface area (Å²) in [6, 6.07) is 25.4. The number of halogens is 1. The standard InChI is InChI=1S/C20H17BrNO3P/c21-17-13-11-16(12-14-17)20(15-22(23)24)26(25,18-7-3-1-4-8-18)19-9-5-2-6-10-19/h1-14,20H,15H2. The zero-order valence-electron chi connectivity index (χ0n) is 13.9. The molecular formula is C20H17BrNO3P. The molecule has 0 aromatic heterocycles. The van der Waals surface area contributed by atoms with Crippen molar-refractivity contribution in [1.82, 2.24) is 0 Å². The Morgan fingerprint density at radius 2 is 1.31 bits per heavy atom. The van der Waals surface area contributed by atoms with E-state index >= 15 is 0 Å². The summed E-state index contributed by atoms with van der Waals surface area (Å²) in [7, 11) is -3.28. The Hall–Kier alpha value is -2.23. The smallest absolute Gasteiger partial charge is 0.218 e. The van der Waals surface area contributed by atoms with Crippen LogP contribution >= 0.6 is 23.1 Å². The molecule has 3 aromatic carbocycles. The Labute approximate surface area is 160 Å². The van der Waals surface area contributed by atoms with Crippen LogP contribution < -0.4 is 10.6 Å². The summed E-state index contributed by atoms with van der Waals surface area (Å²) in [5.74, 6) is 0. The lowest BCUT2D eigenvalue weighted by atomic mass is 10.1. The van der Waals surface area contributed by atoms with Crippen molar-refractivity contribution in [2.75, 3.05) is 6.54 Å². The second kappa shape index (κ2) is 7.98. The lowest BCUT2D eigenvalue weighted by Gasteiger charge is -2.26. The molecule has 1 atom stereocenters. The van der Waals surface area contributed by atoms with Crippen LogP contribution in [0.4, 0.5) is 0 Å². The van der Waals surface area contributed by atoms with Gasteiger partial charge >= 0.3 is 0 Å². The van der Waals surface area contributed by atoms with Crippen LogP contribution in [0.2, 0.25) is 0 Å². The van der Waals surface area contributed by atoms with Gasteiger partial charge in [-0.25, -0.2) is 0 Å². The molecular weight excluding hydrogens is 413 g/mol. The second-order valence-electron chi connectivity index (χ2n) is 5.91. The van der Waals surface area contributed by atoms with Gasteiger partial charge in [0.05, 0.1) is 0 Å². The van der Waals surface area contributed by atoms with Gasteiger partial charge in [0, 0.05) is 20.0 Å². The van der Waals surface area contributed by atoms with E-state index in [-0.39, 0.29) is 4.92 Å². The quantitative estimate of drug-likeness (QED) is 0.321. The van der Waals surface area contributed by atoms with Gasteiger partial charge in [0.25, 0.3) is 0 Å². The van der Waals surface area contributed by atoms with E-state index in [1.807, 2.05) is 48.5 Å². The molecule has 132 valence electrons. The maximum atomic E-state index is 14.4. The van der Waals surface area contributed by atoms with Crippen molar-refractivity contribution in [1.29, 1.82) is 0 Å². The van der Waals surface area contributed by atoms with Crippen molar-refractivity contribution in [3.8, 4) is 0 Å². The Bertz CT molecular complexity index is 887. The SMILES string of the molecule is O=[N+]([O-])CC(c1ccc(Br)cc1)P(=O)(c1ccccc1)c1ccccc1. The van der Waals surface area contributed by atoms with Crippen LogP contribution in [0.3, 0.4) is 0 Å².